The van der Waals surface area contributed by atoms with E-state index in [1.165, 1.54) is 58.3 Å². The van der Waals surface area contributed by atoms with Crippen molar-refractivity contribution in [3.63, 3.8) is 0 Å². The molecule has 3 rings (SSSR count). The molecule has 2 aromatic rings. The molecule has 0 amide bonds. The first-order valence-corrected chi connectivity index (χ1v) is 9.35. The molecule has 0 bridgehead atoms. The summed E-state index contributed by atoms with van der Waals surface area (Å²) >= 11 is 0. The van der Waals surface area contributed by atoms with E-state index in [0.717, 1.165) is 0 Å². The Labute approximate surface area is 204 Å². The van der Waals surface area contributed by atoms with Crippen LogP contribution in [0.4, 0.5) is 0 Å². The first-order valence-electron chi connectivity index (χ1n) is 9.35. The Kier molecular flexibility index (Phi) is 14.8. The van der Waals surface area contributed by atoms with Crippen molar-refractivity contribution in [2.75, 3.05) is 20.6 Å². The van der Waals surface area contributed by atoms with E-state index in [0.29, 0.717) is 5.92 Å². The van der Waals surface area contributed by atoms with Gasteiger partial charge in [0.2, 0.25) is 0 Å². The Bertz CT molecular complexity index is 667. The average Bonchev–Trinajstić information content (AvgIpc) is 3.08. The van der Waals surface area contributed by atoms with Crippen molar-refractivity contribution in [1.29, 1.82) is 0 Å². The smallest absolute Gasteiger partial charge is 1.00 e. The SMILES string of the molecule is CN(C)CCCC1[C-]=Cc2ccccc21.Cc1c(C)c(C)[c-](C)c1C.[Cl-].[Cl-].[Zr+4]. The van der Waals surface area contributed by atoms with Crippen molar-refractivity contribution in [3.05, 3.63) is 69.3 Å². The molecule has 1 nitrogen and oxygen atoms in total. The average molecular weight is 498 g/mol. The van der Waals surface area contributed by atoms with E-state index < -0.39 is 0 Å². The van der Waals surface area contributed by atoms with Gasteiger partial charge >= 0.3 is 26.2 Å². The molecule has 152 valence electrons. The summed E-state index contributed by atoms with van der Waals surface area (Å²) in [6.07, 6.45) is 8.04. The van der Waals surface area contributed by atoms with E-state index in [1.54, 1.807) is 0 Å². The second-order valence-corrected chi connectivity index (χ2v) is 7.56. The molecule has 2 aromatic carbocycles. The molecule has 1 unspecified atom stereocenters. The summed E-state index contributed by atoms with van der Waals surface area (Å²) in [5, 5.41) is 0. The number of fused-ring (bicyclic) bond motifs is 1. The first-order chi connectivity index (χ1) is 11.8. The fourth-order valence-corrected chi connectivity index (χ4v) is 3.50. The molecule has 0 spiro atoms. The van der Waals surface area contributed by atoms with Crippen molar-refractivity contribution < 1.29 is 51.0 Å². The van der Waals surface area contributed by atoms with Crippen LogP contribution in [-0.4, -0.2) is 25.5 Å². The van der Waals surface area contributed by atoms with Gasteiger partial charge in [0.1, 0.15) is 0 Å². The molecular weight excluding hydrogens is 464 g/mol. The number of hydrogen-bond donors (Lipinski definition) is 0. The number of rotatable bonds is 4. The quantitative estimate of drug-likeness (QED) is 0.534. The maximum atomic E-state index is 3.45. The summed E-state index contributed by atoms with van der Waals surface area (Å²) in [5.41, 5.74) is 10.1. The van der Waals surface area contributed by atoms with E-state index in [9.17, 15) is 0 Å². The standard InChI is InChI=1S/C14H18N.C10H15.2ClH.Zr/c1-15(2)11-5-7-13-10-9-12-6-3-4-8-14(12)13;1-6-7(2)9(4)10(5)8(6)3;;;/h3-4,6,8-9,13H,5,7,11H2,1-2H3;1-5H3;2*1H;/q2*-1;;;+4/p-2. The van der Waals surface area contributed by atoms with Crippen LogP contribution >= 0.6 is 0 Å². The molecule has 0 radical (unpaired) electrons. The zero-order valence-electron chi connectivity index (χ0n) is 18.3. The minimum Gasteiger partial charge on any atom is -1.00 e. The number of halogens is 2. The van der Waals surface area contributed by atoms with Crippen molar-refractivity contribution in [3.8, 4) is 0 Å². The summed E-state index contributed by atoms with van der Waals surface area (Å²) in [6.45, 7) is 12.2. The monoisotopic (exact) mass is 495 g/mol. The van der Waals surface area contributed by atoms with Gasteiger partial charge in [-0.1, -0.05) is 65.2 Å². The third-order valence-corrected chi connectivity index (χ3v) is 5.72. The molecule has 0 aliphatic heterocycles. The Morgan fingerprint density at radius 2 is 1.50 bits per heavy atom. The van der Waals surface area contributed by atoms with Gasteiger partial charge in [0.05, 0.1) is 0 Å². The second-order valence-electron chi connectivity index (χ2n) is 7.56. The topological polar surface area (TPSA) is 3.24 Å². The van der Waals surface area contributed by atoms with Crippen LogP contribution in [0.1, 0.15) is 57.7 Å². The molecule has 1 atom stereocenters. The summed E-state index contributed by atoms with van der Waals surface area (Å²) in [7, 11) is 4.25. The van der Waals surface area contributed by atoms with Gasteiger partial charge in [-0.15, -0.1) is 11.6 Å². The van der Waals surface area contributed by atoms with Crippen LogP contribution in [-0.2, 0) is 26.2 Å². The van der Waals surface area contributed by atoms with Crippen molar-refractivity contribution in [2.45, 2.75) is 53.4 Å². The van der Waals surface area contributed by atoms with Gasteiger partial charge in [-0.25, -0.2) is 6.08 Å². The van der Waals surface area contributed by atoms with Gasteiger partial charge in [0.15, 0.2) is 0 Å². The normalized spacial score (nSPS) is 13.6. The zero-order chi connectivity index (χ0) is 18.6. The second kappa shape index (κ2) is 13.9. The van der Waals surface area contributed by atoms with Crippen LogP contribution in [0.5, 0.6) is 0 Å². The molecule has 0 N–H and O–H groups in total. The number of benzene rings is 1. The fourth-order valence-electron chi connectivity index (χ4n) is 3.50. The van der Waals surface area contributed by atoms with Crippen LogP contribution in [0.2, 0.25) is 0 Å². The number of allylic oxidation sites excluding steroid dienone is 1. The van der Waals surface area contributed by atoms with Crippen LogP contribution in [0.15, 0.2) is 24.3 Å². The van der Waals surface area contributed by atoms with Gasteiger partial charge in [0, 0.05) is 0 Å². The Hall–Kier alpha value is -0.267. The van der Waals surface area contributed by atoms with E-state index in [-0.39, 0.29) is 51.0 Å². The van der Waals surface area contributed by atoms with Gasteiger partial charge < -0.3 is 29.7 Å². The predicted molar refractivity (Wildman–Crippen MR) is 110 cm³/mol. The summed E-state index contributed by atoms with van der Waals surface area (Å²) in [4.78, 5) is 2.24. The third-order valence-electron chi connectivity index (χ3n) is 5.72. The van der Waals surface area contributed by atoms with Crippen LogP contribution in [0.25, 0.3) is 6.08 Å². The molecule has 0 fully saturated rings. The Balaban J connectivity index is 0. The van der Waals surface area contributed by atoms with Gasteiger partial charge in [-0.05, 0) is 27.1 Å². The summed E-state index contributed by atoms with van der Waals surface area (Å²) in [5.74, 6) is 0.529. The first kappa shape index (κ1) is 29.9. The molecule has 0 heterocycles. The Morgan fingerprint density at radius 1 is 0.964 bits per heavy atom. The molecular formula is C24H33Cl2NZr. The zero-order valence-corrected chi connectivity index (χ0v) is 22.3. The van der Waals surface area contributed by atoms with Crippen LogP contribution in [0.3, 0.4) is 0 Å². The van der Waals surface area contributed by atoms with E-state index in [4.69, 9.17) is 0 Å². The molecule has 28 heavy (non-hydrogen) atoms. The van der Waals surface area contributed by atoms with E-state index in [2.05, 4.69) is 90.0 Å². The molecule has 0 aromatic heterocycles. The minimum absolute atomic E-state index is 0. The molecule has 0 saturated carbocycles. The Morgan fingerprint density at radius 3 is 1.96 bits per heavy atom. The number of nitrogens with zero attached hydrogens (tertiary/aromatic N) is 1. The molecule has 1 aliphatic carbocycles. The van der Waals surface area contributed by atoms with Gasteiger partial charge in [-0.2, -0.15) is 33.4 Å². The largest absolute Gasteiger partial charge is 4.00 e. The molecule has 0 saturated heterocycles. The van der Waals surface area contributed by atoms with Crippen molar-refractivity contribution >= 4 is 6.08 Å². The fraction of sp³-hybridized carbons (Fsp3) is 0.458. The van der Waals surface area contributed by atoms with Gasteiger partial charge in [-0.3, -0.25) is 6.08 Å². The van der Waals surface area contributed by atoms with Crippen LogP contribution < -0.4 is 24.8 Å². The summed E-state index contributed by atoms with van der Waals surface area (Å²) in [6, 6.07) is 8.62. The predicted octanol–water partition coefficient (Wildman–Crippen LogP) is -0.105. The maximum absolute atomic E-state index is 3.45. The molecule has 1 aliphatic rings. The van der Waals surface area contributed by atoms with Crippen molar-refractivity contribution in [2.24, 2.45) is 0 Å². The van der Waals surface area contributed by atoms with Crippen molar-refractivity contribution in [1.82, 2.24) is 4.90 Å². The summed E-state index contributed by atoms with van der Waals surface area (Å²) < 4.78 is 0. The van der Waals surface area contributed by atoms with Gasteiger partial charge in [0.25, 0.3) is 0 Å². The van der Waals surface area contributed by atoms with Crippen LogP contribution in [0, 0.1) is 40.7 Å². The minimum atomic E-state index is 0. The van der Waals surface area contributed by atoms with E-state index >= 15 is 0 Å². The third kappa shape index (κ3) is 7.53. The molecule has 4 heteroatoms. The maximum Gasteiger partial charge on any atom is 4.00 e. The number of hydrogen-bond acceptors (Lipinski definition) is 1. The van der Waals surface area contributed by atoms with E-state index in [1.807, 2.05) is 0 Å².